The molecule has 2 nitrogen and oxygen atoms in total. The summed E-state index contributed by atoms with van der Waals surface area (Å²) in [5.41, 5.74) is 0. The van der Waals surface area contributed by atoms with Crippen molar-refractivity contribution in [3.8, 4) is 0 Å². The fraction of sp³-hybridized carbons (Fsp3) is 0.900. The molecule has 0 aliphatic rings. The van der Waals surface area contributed by atoms with Crippen molar-refractivity contribution in [2.24, 2.45) is 5.92 Å². The van der Waals surface area contributed by atoms with E-state index in [1.807, 2.05) is 13.8 Å². The monoisotopic (exact) mass is 249 g/mol. The van der Waals surface area contributed by atoms with E-state index >= 15 is 0 Å². The van der Waals surface area contributed by atoms with Gasteiger partial charge < -0.3 is 5.32 Å². The molecule has 0 aromatic heterocycles. The molecule has 0 heterocycles. The zero-order valence-corrected chi connectivity index (χ0v) is 10.4. The number of hydrogen-bond acceptors (Lipinski definition) is 1. The van der Waals surface area contributed by atoms with Crippen molar-refractivity contribution in [2.45, 2.75) is 46.1 Å². The summed E-state index contributed by atoms with van der Waals surface area (Å²) >= 11 is 3.37. The van der Waals surface area contributed by atoms with Crippen LogP contribution in [0.3, 0.4) is 0 Å². The van der Waals surface area contributed by atoms with Gasteiger partial charge in [-0.25, -0.2) is 0 Å². The van der Waals surface area contributed by atoms with Gasteiger partial charge in [0.1, 0.15) is 0 Å². The van der Waals surface area contributed by atoms with Gasteiger partial charge >= 0.3 is 0 Å². The largest absolute Gasteiger partial charge is 0.353 e. The first-order valence-electron chi connectivity index (χ1n) is 4.98. The normalized spacial score (nSPS) is 15.1. The number of rotatable bonds is 6. The van der Waals surface area contributed by atoms with Crippen molar-refractivity contribution in [3.05, 3.63) is 0 Å². The van der Waals surface area contributed by atoms with Crippen molar-refractivity contribution in [1.29, 1.82) is 0 Å². The Labute approximate surface area is 89.6 Å². The van der Waals surface area contributed by atoms with Crippen LogP contribution < -0.4 is 5.32 Å². The van der Waals surface area contributed by atoms with Gasteiger partial charge in [0.15, 0.2) is 0 Å². The van der Waals surface area contributed by atoms with Crippen LogP contribution in [0.25, 0.3) is 0 Å². The number of hydrogen-bond donors (Lipinski definition) is 1. The van der Waals surface area contributed by atoms with Gasteiger partial charge in [0, 0.05) is 17.3 Å². The van der Waals surface area contributed by atoms with E-state index in [1.165, 1.54) is 0 Å². The lowest BCUT2D eigenvalue weighted by Gasteiger charge is -2.16. The smallest absolute Gasteiger partial charge is 0.223 e. The topological polar surface area (TPSA) is 29.1 Å². The highest BCUT2D eigenvalue weighted by Crippen LogP contribution is 2.03. The summed E-state index contributed by atoms with van der Waals surface area (Å²) in [6, 6.07) is 0.305. The molecular formula is C10H20BrNO. The standard InChI is InChI=1S/C10H20BrNO/c1-4-8(2)10(13)12-9(3)6-5-7-11/h8-9H,4-7H2,1-3H3,(H,12,13). The van der Waals surface area contributed by atoms with E-state index < -0.39 is 0 Å². The second kappa shape index (κ2) is 7.36. The van der Waals surface area contributed by atoms with Crippen LogP contribution in [0.2, 0.25) is 0 Å². The molecule has 3 heteroatoms. The van der Waals surface area contributed by atoms with Crippen LogP contribution in [-0.4, -0.2) is 17.3 Å². The van der Waals surface area contributed by atoms with E-state index in [-0.39, 0.29) is 11.8 Å². The number of halogens is 1. The number of alkyl halides is 1. The zero-order valence-electron chi connectivity index (χ0n) is 8.77. The number of nitrogens with one attached hydrogen (secondary N) is 1. The average Bonchev–Trinajstić information content (AvgIpc) is 2.13. The highest BCUT2D eigenvalue weighted by atomic mass is 79.9. The van der Waals surface area contributed by atoms with Crippen LogP contribution in [0.1, 0.15) is 40.0 Å². The highest BCUT2D eigenvalue weighted by molar-refractivity contribution is 9.09. The van der Waals surface area contributed by atoms with Crippen LogP contribution in [0.5, 0.6) is 0 Å². The van der Waals surface area contributed by atoms with Gasteiger partial charge in [-0.1, -0.05) is 29.8 Å². The van der Waals surface area contributed by atoms with Gasteiger partial charge in [0.05, 0.1) is 0 Å². The molecule has 2 atom stereocenters. The van der Waals surface area contributed by atoms with Gasteiger partial charge in [0.25, 0.3) is 0 Å². The molecule has 0 aromatic rings. The van der Waals surface area contributed by atoms with E-state index in [0.717, 1.165) is 24.6 Å². The lowest BCUT2D eigenvalue weighted by Crippen LogP contribution is -2.36. The predicted molar refractivity (Wildman–Crippen MR) is 60.1 cm³/mol. The molecule has 2 unspecified atom stereocenters. The molecule has 0 radical (unpaired) electrons. The zero-order chi connectivity index (χ0) is 10.3. The van der Waals surface area contributed by atoms with Gasteiger partial charge in [-0.2, -0.15) is 0 Å². The Morgan fingerprint density at radius 3 is 2.54 bits per heavy atom. The Morgan fingerprint density at radius 1 is 1.46 bits per heavy atom. The van der Waals surface area contributed by atoms with Gasteiger partial charge in [-0.15, -0.1) is 0 Å². The first-order valence-corrected chi connectivity index (χ1v) is 6.10. The lowest BCUT2D eigenvalue weighted by molar-refractivity contribution is -0.125. The van der Waals surface area contributed by atoms with E-state index in [2.05, 4.69) is 28.2 Å². The Kier molecular flexibility index (Phi) is 7.33. The summed E-state index contributed by atoms with van der Waals surface area (Å²) in [6.07, 6.45) is 3.08. The summed E-state index contributed by atoms with van der Waals surface area (Å²) in [5.74, 6) is 0.330. The molecule has 0 bridgehead atoms. The second-order valence-electron chi connectivity index (χ2n) is 3.55. The van der Waals surface area contributed by atoms with E-state index in [1.54, 1.807) is 0 Å². The minimum Gasteiger partial charge on any atom is -0.353 e. The molecule has 0 saturated heterocycles. The molecular weight excluding hydrogens is 230 g/mol. The maximum Gasteiger partial charge on any atom is 0.223 e. The van der Waals surface area contributed by atoms with E-state index in [0.29, 0.717) is 6.04 Å². The summed E-state index contributed by atoms with van der Waals surface area (Å²) < 4.78 is 0. The van der Waals surface area contributed by atoms with Gasteiger partial charge in [0.2, 0.25) is 5.91 Å². The van der Waals surface area contributed by atoms with Crippen LogP contribution in [0.15, 0.2) is 0 Å². The third kappa shape index (κ3) is 6.08. The maximum absolute atomic E-state index is 11.4. The lowest BCUT2D eigenvalue weighted by atomic mass is 10.1. The SMILES string of the molecule is CCC(C)C(=O)NC(C)CCCBr. The van der Waals surface area contributed by atoms with Crippen LogP contribution >= 0.6 is 15.9 Å². The number of amides is 1. The molecule has 78 valence electrons. The third-order valence-electron chi connectivity index (χ3n) is 2.22. The molecule has 13 heavy (non-hydrogen) atoms. The number of carbonyl (C=O) groups excluding carboxylic acids is 1. The van der Waals surface area contributed by atoms with Crippen molar-refractivity contribution in [1.82, 2.24) is 5.32 Å². The van der Waals surface area contributed by atoms with Crippen LogP contribution in [0, 0.1) is 5.92 Å². The molecule has 0 aliphatic heterocycles. The molecule has 0 fully saturated rings. The van der Waals surface area contributed by atoms with Gasteiger partial charge in [-0.05, 0) is 26.2 Å². The molecule has 1 N–H and O–H groups in total. The van der Waals surface area contributed by atoms with E-state index in [4.69, 9.17) is 0 Å². The molecule has 0 aliphatic carbocycles. The molecule has 0 saturated carbocycles. The fourth-order valence-electron chi connectivity index (χ4n) is 1.03. The van der Waals surface area contributed by atoms with Crippen LogP contribution in [-0.2, 0) is 4.79 Å². The van der Waals surface area contributed by atoms with Crippen LogP contribution in [0.4, 0.5) is 0 Å². The third-order valence-corrected chi connectivity index (χ3v) is 2.78. The highest BCUT2D eigenvalue weighted by Gasteiger charge is 2.12. The Morgan fingerprint density at radius 2 is 2.08 bits per heavy atom. The average molecular weight is 250 g/mol. The summed E-state index contributed by atoms with van der Waals surface area (Å²) in [7, 11) is 0. The Hall–Kier alpha value is -0.0500. The number of carbonyl (C=O) groups is 1. The second-order valence-corrected chi connectivity index (χ2v) is 4.34. The fourth-order valence-corrected chi connectivity index (χ4v) is 1.35. The van der Waals surface area contributed by atoms with E-state index in [9.17, 15) is 4.79 Å². The summed E-state index contributed by atoms with van der Waals surface area (Å²) in [4.78, 5) is 11.4. The summed E-state index contributed by atoms with van der Waals surface area (Å²) in [5, 5.41) is 4.02. The van der Waals surface area contributed by atoms with Crippen molar-refractivity contribution < 1.29 is 4.79 Å². The molecule has 0 aromatic carbocycles. The quantitative estimate of drug-likeness (QED) is 0.721. The minimum atomic E-state index is 0.145. The van der Waals surface area contributed by atoms with Gasteiger partial charge in [-0.3, -0.25) is 4.79 Å². The van der Waals surface area contributed by atoms with Crippen molar-refractivity contribution in [2.75, 3.05) is 5.33 Å². The minimum absolute atomic E-state index is 0.145. The predicted octanol–water partition coefficient (Wildman–Crippen LogP) is 2.71. The Bertz CT molecular complexity index is 150. The van der Waals surface area contributed by atoms with Crippen molar-refractivity contribution in [3.63, 3.8) is 0 Å². The first-order chi connectivity index (χ1) is 6.11. The molecule has 0 rings (SSSR count). The summed E-state index contributed by atoms with van der Waals surface area (Å²) in [6.45, 7) is 6.06. The molecule has 0 spiro atoms. The maximum atomic E-state index is 11.4. The first kappa shape index (κ1) is 12.9. The molecule has 1 amide bonds. The van der Waals surface area contributed by atoms with Crippen molar-refractivity contribution >= 4 is 21.8 Å². The Balaban J connectivity index is 3.64.